The lowest BCUT2D eigenvalue weighted by atomic mass is 10.3. The van der Waals surface area contributed by atoms with Gasteiger partial charge < -0.3 is 10.2 Å². The Hall–Kier alpha value is -2.47. The zero-order valence-corrected chi connectivity index (χ0v) is 12.0. The van der Waals surface area contributed by atoms with Gasteiger partial charge in [-0.2, -0.15) is 0 Å². The third kappa shape index (κ3) is 4.25. The molecule has 0 spiro atoms. The fraction of sp³-hybridized carbons (Fsp3) is 0.143. The maximum atomic E-state index is 12.0. The van der Waals surface area contributed by atoms with E-state index >= 15 is 0 Å². The molecule has 2 amide bonds. The molecule has 0 aliphatic heterocycles. The zero-order valence-electron chi connectivity index (χ0n) is 11.3. The van der Waals surface area contributed by atoms with Crippen LogP contribution in [0.5, 0.6) is 0 Å². The van der Waals surface area contributed by atoms with E-state index in [9.17, 15) is 9.59 Å². The highest BCUT2D eigenvalue weighted by atomic mass is 35.5. The third-order valence-corrected chi connectivity index (χ3v) is 2.89. The van der Waals surface area contributed by atoms with E-state index in [-0.39, 0.29) is 24.1 Å². The molecule has 1 aromatic heterocycles. The van der Waals surface area contributed by atoms with Gasteiger partial charge in [0.1, 0.15) is 5.69 Å². The molecule has 0 saturated carbocycles. The highest BCUT2D eigenvalue weighted by molar-refractivity contribution is 6.30. The summed E-state index contributed by atoms with van der Waals surface area (Å²) in [6.07, 6.45) is 4.26. The molecule has 1 aromatic carbocycles. The Morgan fingerprint density at radius 2 is 1.95 bits per heavy atom. The minimum Gasteiger partial charge on any atom is -0.331 e. The Bertz CT molecular complexity index is 631. The van der Waals surface area contributed by atoms with Gasteiger partial charge in [0.15, 0.2) is 0 Å². The highest BCUT2D eigenvalue weighted by Gasteiger charge is 2.16. The number of amides is 2. The van der Waals surface area contributed by atoms with E-state index in [4.69, 9.17) is 11.6 Å². The van der Waals surface area contributed by atoms with Crippen LogP contribution in [0.15, 0.2) is 42.9 Å². The van der Waals surface area contributed by atoms with Gasteiger partial charge in [-0.15, -0.1) is 0 Å². The second-order valence-electron chi connectivity index (χ2n) is 4.31. The summed E-state index contributed by atoms with van der Waals surface area (Å²) in [7, 11) is 1.53. The first-order valence-corrected chi connectivity index (χ1v) is 6.51. The smallest absolute Gasteiger partial charge is 0.274 e. The molecule has 0 unspecified atom stereocenters. The summed E-state index contributed by atoms with van der Waals surface area (Å²) < 4.78 is 0. The maximum absolute atomic E-state index is 12.0. The lowest BCUT2D eigenvalue weighted by Crippen LogP contribution is -2.35. The Balaban J connectivity index is 1.93. The fourth-order valence-corrected chi connectivity index (χ4v) is 1.75. The lowest BCUT2D eigenvalue weighted by molar-refractivity contribution is -0.116. The topological polar surface area (TPSA) is 75.2 Å². The Morgan fingerprint density at radius 1 is 1.24 bits per heavy atom. The molecular weight excluding hydrogens is 292 g/mol. The van der Waals surface area contributed by atoms with Crippen molar-refractivity contribution in [3.63, 3.8) is 0 Å². The fourth-order valence-electron chi connectivity index (χ4n) is 1.63. The number of halogens is 1. The molecule has 0 bridgehead atoms. The van der Waals surface area contributed by atoms with E-state index in [0.29, 0.717) is 10.7 Å². The number of anilines is 1. The van der Waals surface area contributed by atoms with Crippen molar-refractivity contribution < 1.29 is 9.59 Å². The van der Waals surface area contributed by atoms with Crippen molar-refractivity contribution >= 4 is 29.1 Å². The molecule has 0 fully saturated rings. The van der Waals surface area contributed by atoms with Crippen molar-refractivity contribution in [3.8, 4) is 0 Å². The summed E-state index contributed by atoms with van der Waals surface area (Å²) in [4.78, 5) is 32.9. The van der Waals surface area contributed by atoms with E-state index in [0.717, 1.165) is 0 Å². The minimum atomic E-state index is -0.366. The molecule has 1 N–H and O–H groups in total. The van der Waals surface area contributed by atoms with Crippen LogP contribution in [0.4, 0.5) is 5.69 Å². The van der Waals surface area contributed by atoms with Crippen LogP contribution < -0.4 is 5.32 Å². The number of hydrogen-bond acceptors (Lipinski definition) is 4. The number of rotatable bonds is 4. The zero-order chi connectivity index (χ0) is 15.2. The van der Waals surface area contributed by atoms with Crippen LogP contribution in [-0.4, -0.2) is 40.3 Å². The van der Waals surface area contributed by atoms with Crippen molar-refractivity contribution in [2.75, 3.05) is 18.9 Å². The number of nitrogens with zero attached hydrogens (tertiary/aromatic N) is 3. The van der Waals surface area contributed by atoms with E-state index in [1.807, 2.05) is 0 Å². The second kappa shape index (κ2) is 6.81. The quantitative estimate of drug-likeness (QED) is 0.935. The molecular formula is C14H13ClN4O2. The van der Waals surface area contributed by atoms with Gasteiger partial charge in [0, 0.05) is 30.2 Å². The van der Waals surface area contributed by atoms with Crippen molar-refractivity contribution in [1.29, 1.82) is 0 Å². The van der Waals surface area contributed by atoms with Crippen LogP contribution in [0.2, 0.25) is 5.02 Å². The molecule has 0 saturated heterocycles. The van der Waals surface area contributed by atoms with Crippen LogP contribution >= 0.6 is 11.6 Å². The minimum absolute atomic E-state index is 0.0853. The summed E-state index contributed by atoms with van der Waals surface area (Å²) in [6, 6.07) is 6.71. The molecule has 0 atom stereocenters. The number of hydrogen-bond donors (Lipinski definition) is 1. The molecule has 21 heavy (non-hydrogen) atoms. The van der Waals surface area contributed by atoms with E-state index in [2.05, 4.69) is 15.3 Å². The van der Waals surface area contributed by atoms with Gasteiger partial charge in [-0.05, 0) is 24.3 Å². The lowest BCUT2D eigenvalue weighted by Gasteiger charge is -2.16. The van der Waals surface area contributed by atoms with Gasteiger partial charge in [0.05, 0.1) is 12.7 Å². The first-order valence-electron chi connectivity index (χ1n) is 6.13. The summed E-state index contributed by atoms with van der Waals surface area (Å²) in [5.41, 5.74) is 0.809. The summed E-state index contributed by atoms with van der Waals surface area (Å²) in [5.74, 6) is -0.675. The normalized spacial score (nSPS) is 10.0. The average Bonchev–Trinajstić information content (AvgIpc) is 2.49. The van der Waals surface area contributed by atoms with Crippen LogP contribution in [-0.2, 0) is 4.79 Å². The standard InChI is InChI=1S/C14H13ClN4O2/c1-19(14(21)12-8-16-6-7-17-12)9-13(20)18-11-4-2-10(15)3-5-11/h2-8H,9H2,1H3,(H,18,20). The van der Waals surface area contributed by atoms with Gasteiger partial charge in [-0.3, -0.25) is 14.6 Å². The maximum Gasteiger partial charge on any atom is 0.274 e. The highest BCUT2D eigenvalue weighted by Crippen LogP contribution is 2.13. The molecule has 0 aliphatic rings. The predicted molar refractivity (Wildman–Crippen MR) is 79.1 cm³/mol. The Morgan fingerprint density at radius 3 is 2.57 bits per heavy atom. The Kier molecular flexibility index (Phi) is 4.84. The van der Waals surface area contributed by atoms with Crippen molar-refractivity contribution in [2.24, 2.45) is 0 Å². The number of aromatic nitrogens is 2. The van der Waals surface area contributed by atoms with E-state index in [1.165, 1.54) is 30.5 Å². The number of benzene rings is 1. The third-order valence-electron chi connectivity index (χ3n) is 2.64. The van der Waals surface area contributed by atoms with Gasteiger partial charge in [0.2, 0.25) is 5.91 Å². The SMILES string of the molecule is CN(CC(=O)Nc1ccc(Cl)cc1)C(=O)c1cnccn1. The van der Waals surface area contributed by atoms with Gasteiger partial charge in [-0.1, -0.05) is 11.6 Å². The van der Waals surface area contributed by atoms with Crippen molar-refractivity contribution in [2.45, 2.75) is 0 Å². The molecule has 0 radical (unpaired) electrons. The summed E-state index contributed by atoms with van der Waals surface area (Å²) >= 11 is 5.76. The molecule has 7 heteroatoms. The molecule has 1 heterocycles. The van der Waals surface area contributed by atoms with Crippen LogP contribution in [0.25, 0.3) is 0 Å². The molecule has 0 aliphatic carbocycles. The second-order valence-corrected chi connectivity index (χ2v) is 4.74. The first kappa shape index (κ1) is 14.9. The van der Waals surface area contributed by atoms with Crippen LogP contribution in [0, 0.1) is 0 Å². The van der Waals surface area contributed by atoms with Crippen molar-refractivity contribution in [3.05, 3.63) is 53.6 Å². The van der Waals surface area contributed by atoms with E-state index < -0.39 is 0 Å². The van der Waals surface area contributed by atoms with E-state index in [1.54, 1.807) is 24.3 Å². The number of likely N-dealkylation sites (N-methyl/N-ethyl adjacent to an activating group) is 1. The van der Waals surface area contributed by atoms with Gasteiger partial charge in [0.25, 0.3) is 5.91 Å². The van der Waals surface area contributed by atoms with Gasteiger partial charge in [-0.25, -0.2) is 4.98 Å². The first-order chi connectivity index (χ1) is 10.1. The average molecular weight is 305 g/mol. The molecule has 108 valence electrons. The monoisotopic (exact) mass is 304 g/mol. The summed E-state index contributed by atoms with van der Waals surface area (Å²) in [5, 5.41) is 3.26. The number of carbonyl (C=O) groups is 2. The predicted octanol–water partition coefficient (Wildman–Crippen LogP) is 1.84. The molecule has 6 nitrogen and oxygen atoms in total. The van der Waals surface area contributed by atoms with Crippen LogP contribution in [0.3, 0.4) is 0 Å². The van der Waals surface area contributed by atoms with Crippen LogP contribution in [0.1, 0.15) is 10.5 Å². The molecule has 2 rings (SSSR count). The number of nitrogens with one attached hydrogen (secondary N) is 1. The summed E-state index contributed by atoms with van der Waals surface area (Å²) in [6.45, 7) is -0.0853. The Labute approximate surface area is 126 Å². The molecule has 2 aromatic rings. The largest absolute Gasteiger partial charge is 0.331 e. The van der Waals surface area contributed by atoms with Gasteiger partial charge >= 0.3 is 0 Å². The van der Waals surface area contributed by atoms with Crippen molar-refractivity contribution in [1.82, 2.24) is 14.9 Å². The number of carbonyl (C=O) groups excluding carboxylic acids is 2.